The summed E-state index contributed by atoms with van der Waals surface area (Å²) in [5.74, 6) is 0.137. The van der Waals surface area contributed by atoms with Crippen molar-refractivity contribution in [2.24, 2.45) is 0 Å². The number of rotatable bonds is 4. The maximum absolute atomic E-state index is 12.3. The molecule has 3 rings (SSSR count). The summed E-state index contributed by atoms with van der Waals surface area (Å²) >= 11 is 0. The van der Waals surface area contributed by atoms with Gasteiger partial charge >= 0.3 is 5.97 Å². The van der Waals surface area contributed by atoms with Crippen LogP contribution >= 0.6 is 0 Å². The van der Waals surface area contributed by atoms with Crippen molar-refractivity contribution in [3.8, 4) is 11.5 Å². The van der Waals surface area contributed by atoms with Crippen LogP contribution in [-0.2, 0) is 20.9 Å². The quantitative estimate of drug-likeness (QED) is 0.893. The van der Waals surface area contributed by atoms with Crippen LogP contribution in [0.4, 0.5) is 0 Å². The summed E-state index contributed by atoms with van der Waals surface area (Å²) in [6.07, 6.45) is -0.766. The van der Waals surface area contributed by atoms with Gasteiger partial charge in [-0.15, -0.1) is 0 Å². The molecule has 0 bridgehead atoms. The number of hydrogen-bond acceptors (Lipinski definition) is 5. The number of fused-ring (bicyclic) bond motifs is 1. The second kappa shape index (κ2) is 5.84. The molecule has 1 N–H and O–H groups in total. The molecule has 1 amide bonds. The minimum atomic E-state index is -1.02. The molecule has 0 radical (unpaired) electrons. The van der Waals surface area contributed by atoms with E-state index in [1.165, 1.54) is 4.90 Å². The summed E-state index contributed by atoms with van der Waals surface area (Å²) in [5, 5.41) is 8.90. The van der Waals surface area contributed by atoms with E-state index >= 15 is 0 Å². The molecule has 1 fully saturated rings. The molecule has 1 aromatic carbocycles. The second-order valence-electron chi connectivity index (χ2n) is 5.41. The van der Waals surface area contributed by atoms with Crippen LogP contribution in [0, 0.1) is 0 Å². The van der Waals surface area contributed by atoms with Crippen molar-refractivity contribution >= 4 is 11.9 Å². The number of hydrogen-bond donors (Lipinski definition) is 1. The highest BCUT2D eigenvalue weighted by atomic mass is 16.7. The number of carbonyl (C=O) groups is 2. The smallest absolute Gasteiger partial charge is 0.332 e. The van der Waals surface area contributed by atoms with Crippen LogP contribution in [0.15, 0.2) is 18.2 Å². The van der Waals surface area contributed by atoms with Crippen LogP contribution < -0.4 is 9.47 Å². The molecule has 0 aliphatic carbocycles. The van der Waals surface area contributed by atoms with Gasteiger partial charge in [-0.2, -0.15) is 0 Å². The molecule has 2 aliphatic heterocycles. The van der Waals surface area contributed by atoms with Gasteiger partial charge < -0.3 is 24.2 Å². The standard InChI is InChI=1S/C15H17NO6/c1-16(14(17)11-4-5-12(22-11)15(18)19)7-9-2-3-10-13(6-9)21-8-20-10/h2-3,6,11-12H,4-5,7-8H2,1H3,(H,18,19)/t11-,12+/m0/s1. The topological polar surface area (TPSA) is 85.3 Å². The Bertz CT molecular complexity index is 602. The summed E-state index contributed by atoms with van der Waals surface area (Å²) in [6, 6.07) is 5.51. The molecule has 2 atom stereocenters. The molecule has 2 aliphatic rings. The first kappa shape index (κ1) is 14.6. The highest BCUT2D eigenvalue weighted by Crippen LogP contribution is 2.33. The Morgan fingerprint density at radius 3 is 2.68 bits per heavy atom. The lowest BCUT2D eigenvalue weighted by Gasteiger charge is -2.21. The summed E-state index contributed by atoms with van der Waals surface area (Å²) in [6.45, 7) is 0.604. The average molecular weight is 307 g/mol. The number of aliphatic carboxylic acids is 1. The maximum Gasteiger partial charge on any atom is 0.332 e. The SMILES string of the molecule is CN(Cc1ccc2c(c1)OCO2)C(=O)[C@@H]1CC[C@H](C(=O)O)O1. The number of carbonyl (C=O) groups excluding carboxylic acids is 1. The fraction of sp³-hybridized carbons (Fsp3) is 0.467. The van der Waals surface area contributed by atoms with Crippen LogP contribution in [0.3, 0.4) is 0 Å². The molecule has 118 valence electrons. The van der Waals surface area contributed by atoms with Crippen LogP contribution in [-0.4, -0.2) is 47.9 Å². The van der Waals surface area contributed by atoms with Gasteiger partial charge in [0, 0.05) is 13.6 Å². The molecule has 1 saturated heterocycles. The molecule has 7 heteroatoms. The van der Waals surface area contributed by atoms with Gasteiger partial charge in [0.05, 0.1) is 0 Å². The van der Waals surface area contributed by atoms with Gasteiger partial charge in [0.2, 0.25) is 6.79 Å². The van der Waals surface area contributed by atoms with Crippen molar-refractivity contribution < 1.29 is 28.9 Å². The molecule has 7 nitrogen and oxygen atoms in total. The molecule has 2 heterocycles. The number of carboxylic acid groups (broad SMARTS) is 1. The van der Waals surface area contributed by atoms with Gasteiger partial charge in [-0.25, -0.2) is 4.79 Å². The Balaban J connectivity index is 1.61. The van der Waals surface area contributed by atoms with Crippen molar-refractivity contribution in [3.63, 3.8) is 0 Å². The van der Waals surface area contributed by atoms with Gasteiger partial charge in [-0.05, 0) is 30.5 Å². The zero-order valence-corrected chi connectivity index (χ0v) is 12.2. The van der Waals surface area contributed by atoms with E-state index < -0.39 is 18.2 Å². The second-order valence-corrected chi connectivity index (χ2v) is 5.41. The Hall–Kier alpha value is -2.28. The lowest BCUT2D eigenvalue weighted by atomic mass is 10.1. The number of ether oxygens (including phenoxy) is 3. The van der Waals surface area contributed by atoms with Crippen molar-refractivity contribution in [2.75, 3.05) is 13.8 Å². The van der Waals surface area contributed by atoms with Crippen LogP contribution in [0.1, 0.15) is 18.4 Å². The lowest BCUT2D eigenvalue weighted by Crippen LogP contribution is -2.36. The van der Waals surface area contributed by atoms with Gasteiger partial charge in [-0.1, -0.05) is 6.07 Å². The lowest BCUT2D eigenvalue weighted by molar-refractivity contribution is -0.154. The predicted octanol–water partition coefficient (Wildman–Crippen LogP) is 1.01. The molecular weight excluding hydrogens is 290 g/mol. The van der Waals surface area contributed by atoms with Gasteiger partial charge in [0.1, 0.15) is 6.10 Å². The first-order valence-electron chi connectivity index (χ1n) is 7.06. The van der Waals surface area contributed by atoms with E-state index in [9.17, 15) is 9.59 Å². The molecule has 0 saturated carbocycles. The monoisotopic (exact) mass is 307 g/mol. The highest BCUT2D eigenvalue weighted by molar-refractivity contribution is 5.82. The number of benzene rings is 1. The van der Waals surface area contributed by atoms with E-state index in [1.54, 1.807) is 7.05 Å². The number of likely N-dealkylation sites (N-methyl/N-ethyl adjacent to an activating group) is 1. The zero-order chi connectivity index (χ0) is 15.7. The number of amides is 1. The number of carboxylic acids is 1. The molecule has 0 aromatic heterocycles. The summed E-state index contributed by atoms with van der Waals surface area (Å²) in [4.78, 5) is 24.7. The van der Waals surface area contributed by atoms with E-state index in [2.05, 4.69) is 0 Å². The van der Waals surface area contributed by atoms with Crippen molar-refractivity contribution in [3.05, 3.63) is 23.8 Å². The normalized spacial score (nSPS) is 22.6. The Morgan fingerprint density at radius 1 is 1.23 bits per heavy atom. The van der Waals surface area contributed by atoms with E-state index in [0.717, 1.165) is 5.56 Å². The van der Waals surface area contributed by atoms with Crippen LogP contribution in [0.25, 0.3) is 0 Å². The fourth-order valence-electron chi connectivity index (χ4n) is 2.64. The van der Waals surface area contributed by atoms with Crippen molar-refractivity contribution in [1.82, 2.24) is 4.90 Å². The van der Waals surface area contributed by atoms with Gasteiger partial charge in [0.15, 0.2) is 17.6 Å². The Morgan fingerprint density at radius 2 is 1.95 bits per heavy atom. The molecule has 22 heavy (non-hydrogen) atoms. The summed E-state index contributed by atoms with van der Waals surface area (Å²) in [5.41, 5.74) is 0.910. The highest BCUT2D eigenvalue weighted by Gasteiger charge is 2.36. The summed E-state index contributed by atoms with van der Waals surface area (Å²) < 4.78 is 15.8. The van der Waals surface area contributed by atoms with Crippen molar-refractivity contribution in [1.29, 1.82) is 0 Å². The Labute approximate surface area is 127 Å². The van der Waals surface area contributed by atoms with Crippen LogP contribution in [0.5, 0.6) is 11.5 Å². The van der Waals surface area contributed by atoms with Gasteiger partial charge in [-0.3, -0.25) is 4.79 Å². The van der Waals surface area contributed by atoms with Crippen LogP contribution in [0.2, 0.25) is 0 Å². The first-order valence-corrected chi connectivity index (χ1v) is 7.06. The Kier molecular flexibility index (Phi) is 3.89. The third-order valence-electron chi connectivity index (χ3n) is 3.80. The van der Waals surface area contributed by atoms with E-state index in [-0.39, 0.29) is 12.7 Å². The van der Waals surface area contributed by atoms with E-state index in [4.69, 9.17) is 19.3 Å². The fourth-order valence-corrected chi connectivity index (χ4v) is 2.64. The number of nitrogens with zero attached hydrogens (tertiary/aromatic N) is 1. The first-order chi connectivity index (χ1) is 10.5. The maximum atomic E-state index is 12.3. The van der Waals surface area contributed by atoms with Gasteiger partial charge in [0.25, 0.3) is 5.91 Å². The third kappa shape index (κ3) is 2.85. The van der Waals surface area contributed by atoms with Crippen molar-refractivity contribution in [2.45, 2.75) is 31.6 Å². The molecular formula is C15H17NO6. The summed E-state index contributed by atoms with van der Waals surface area (Å²) in [7, 11) is 1.67. The molecule has 0 unspecified atom stereocenters. The van der Waals surface area contributed by atoms with E-state index in [1.807, 2.05) is 18.2 Å². The minimum absolute atomic E-state index is 0.207. The van der Waals surface area contributed by atoms with E-state index in [0.29, 0.717) is 30.9 Å². The third-order valence-corrected chi connectivity index (χ3v) is 3.80. The largest absolute Gasteiger partial charge is 0.479 e. The molecule has 0 spiro atoms. The predicted molar refractivity (Wildman–Crippen MR) is 74.6 cm³/mol. The molecule has 1 aromatic rings. The average Bonchev–Trinajstić information content (AvgIpc) is 3.15. The minimum Gasteiger partial charge on any atom is -0.479 e. The zero-order valence-electron chi connectivity index (χ0n) is 12.2.